The van der Waals surface area contributed by atoms with Crippen molar-refractivity contribution in [1.29, 1.82) is 0 Å². The topological polar surface area (TPSA) is 41.1 Å². The normalized spacial score (nSPS) is 9.38. The van der Waals surface area contributed by atoms with Crippen molar-refractivity contribution in [3.8, 4) is 0 Å². The van der Waals surface area contributed by atoms with Crippen LogP contribution in [0.1, 0.15) is 12.5 Å². The van der Waals surface area contributed by atoms with Gasteiger partial charge < -0.3 is 10.6 Å². The van der Waals surface area contributed by atoms with Gasteiger partial charge in [0.15, 0.2) is 0 Å². The van der Waals surface area contributed by atoms with Crippen LogP contribution in [-0.4, -0.2) is 12.6 Å². The van der Waals surface area contributed by atoms with Crippen LogP contribution in [0.5, 0.6) is 0 Å². The zero-order chi connectivity index (χ0) is 9.68. The third-order valence-electron chi connectivity index (χ3n) is 1.61. The molecule has 0 atom stereocenters. The van der Waals surface area contributed by atoms with Gasteiger partial charge in [0.05, 0.1) is 0 Å². The lowest BCUT2D eigenvalue weighted by Gasteiger charge is -2.05. The summed E-state index contributed by atoms with van der Waals surface area (Å²) in [7, 11) is 0. The Morgan fingerprint density at radius 2 is 2.23 bits per heavy atom. The molecular weight excluding hydrogens is 164 g/mol. The lowest BCUT2D eigenvalue weighted by molar-refractivity contribution is 0.252. The molecule has 0 aromatic heterocycles. The highest BCUT2D eigenvalue weighted by molar-refractivity contribution is 5.89. The molecule has 0 aliphatic heterocycles. The van der Waals surface area contributed by atoms with Gasteiger partial charge >= 0.3 is 6.03 Å². The standard InChI is InChI=1S/C10H14N2O/c1-3-11-10(13)12-9-6-4-5-8(2)7-9/h4-7H,3H2,1-2H3,(H2,11,12,13). The maximum absolute atomic E-state index is 11.1. The molecule has 0 aliphatic carbocycles. The van der Waals surface area contributed by atoms with Gasteiger partial charge in [-0.2, -0.15) is 0 Å². The SMILES string of the molecule is CCNC(=O)Nc1cccc(C)c1. The Hall–Kier alpha value is -1.51. The van der Waals surface area contributed by atoms with Gasteiger partial charge in [-0.3, -0.25) is 0 Å². The summed E-state index contributed by atoms with van der Waals surface area (Å²) in [6.45, 7) is 4.51. The van der Waals surface area contributed by atoms with Crippen molar-refractivity contribution < 1.29 is 4.79 Å². The van der Waals surface area contributed by atoms with Gasteiger partial charge in [-0.05, 0) is 31.5 Å². The molecule has 3 nitrogen and oxygen atoms in total. The number of urea groups is 1. The van der Waals surface area contributed by atoms with E-state index in [1.54, 1.807) is 0 Å². The Balaban J connectivity index is 2.58. The fraction of sp³-hybridized carbons (Fsp3) is 0.300. The fourth-order valence-electron chi connectivity index (χ4n) is 1.06. The number of aryl methyl sites for hydroxylation is 1. The number of hydrogen-bond donors (Lipinski definition) is 2. The van der Waals surface area contributed by atoms with Crippen molar-refractivity contribution in [3.63, 3.8) is 0 Å². The van der Waals surface area contributed by atoms with Crippen molar-refractivity contribution in [2.75, 3.05) is 11.9 Å². The molecule has 1 aromatic rings. The Bertz CT molecular complexity index is 297. The van der Waals surface area contributed by atoms with E-state index in [0.717, 1.165) is 11.3 Å². The summed E-state index contributed by atoms with van der Waals surface area (Å²) in [5.74, 6) is 0. The molecule has 0 aliphatic rings. The van der Waals surface area contributed by atoms with E-state index < -0.39 is 0 Å². The zero-order valence-electron chi connectivity index (χ0n) is 7.92. The number of nitrogens with one attached hydrogen (secondary N) is 2. The third-order valence-corrected chi connectivity index (χ3v) is 1.61. The predicted molar refractivity (Wildman–Crippen MR) is 53.9 cm³/mol. The van der Waals surface area contributed by atoms with Gasteiger partial charge in [0, 0.05) is 12.2 Å². The van der Waals surface area contributed by atoms with E-state index in [-0.39, 0.29) is 6.03 Å². The first-order chi connectivity index (χ1) is 6.22. The van der Waals surface area contributed by atoms with Crippen LogP contribution in [0.3, 0.4) is 0 Å². The molecule has 0 heterocycles. The highest BCUT2D eigenvalue weighted by Gasteiger charge is 1.98. The molecule has 13 heavy (non-hydrogen) atoms. The monoisotopic (exact) mass is 178 g/mol. The number of anilines is 1. The van der Waals surface area contributed by atoms with E-state index in [9.17, 15) is 4.79 Å². The first kappa shape index (κ1) is 9.58. The maximum Gasteiger partial charge on any atom is 0.319 e. The summed E-state index contributed by atoms with van der Waals surface area (Å²) in [4.78, 5) is 11.1. The predicted octanol–water partition coefficient (Wildman–Crippen LogP) is 2.14. The third kappa shape index (κ3) is 3.15. The molecule has 0 bridgehead atoms. The zero-order valence-corrected chi connectivity index (χ0v) is 7.92. The number of amides is 2. The largest absolute Gasteiger partial charge is 0.338 e. The Kier molecular flexibility index (Phi) is 3.31. The van der Waals surface area contributed by atoms with Crippen LogP contribution >= 0.6 is 0 Å². The summed E-state index contributed by atoms with van der Waals surface area (Å²) in [5.41, 5.74) is 1.96. The molecule has 0 spiro atoms. The van der Waals surface area contributed by atoms with Crippen LogP contribution in [0.25, 0.3) is 0 Å². The van der Waals surface area contributed by atoms with Crippen LogP contribution < -0.4 is 10.6 Å². The van der Waals surface area contributed by atoms with Crippen LogP contribution in [0.4, 0.5) is 10.5 Å². The summed E-state index contributed by atoms with van der Waals surface area (Å²) in [6, 6.07) is 7.53. The summed E-state index contributed by atoms with van der Waals surface area (Å²) < 4.78 is 0. The number of carbonyl (C=O) groups is 1. The second kappa shape index (κ2) is 4.50. The smallest absolute Gasteiger partial charge is 0.319 e. The lowest BCUT2D eigenvalue weighted by atomic mass is 10.2. The molecule has 3 heteroatoms. The molecule has 0 unspecified atom stereocenters. The van der Waals surface area contributed by atoms with E-state index in [1.165, 1.54) is 0 Å². The van der Waals surface area contributed by atoms with E-state index in [4.69, 9.17) is 0 Å². The highest BCUT2D eigenvalue weighted by atomic mass is 16.2. The molecule has 2 amide bonds. The Morgan fingerprint density at radius 3 is 2.85 bits per heavy atom. The number of hydrogen-bond acceptors (Lipinski definition) is 1. The van der Waals surface area contributed by atoms with E-state index in [0.29, 0.717) is 6.54 Å². The summed E-state index contributed by atoms with van der Waals surface area (Å²) >= 11 is 0. The van der Waals surface area contributed by atoms with Crippen LogP contribution in [0.15, 0.2) is 24.3 Å². The minimum Gasteiger partial charge on any atom is -0.338 e. The second-order valence-corrected chi connectivity index (χ2v) is 2.85. The van der Waals surface area contributed by atoms with Gasteiger partial charge in [-0.1, -0.05) is 12.1 Å². The molecule has 0 radical (unpaired) electrons. The average molecular weight is 178 g/mol. The van der Waals surface area contributed by atoms with Gasteiger partial charge in [0.1, 0.15) is 0 Å². The highest BCUT2D eigenvalue weighted by Crippen LogP contribution is 2.08. The molecule has 1 rings (SSSR count). The molecule has 70 valence electrons. The van der Waals surface area contributed by atoms with Crippen LogP contribution in [-0.2, 0) is 0 Å². The summed E-state index contributed by atoms with van der Waals surface area (Å²) in [5, 5.41) is 5.40. The van der Waals surface area contributed by atoms with Crippen molar-refractivity contribution in [1.82, 2.24) is 5.32 Å². The van der Waals surface area contributed by atoms with Gasteiger partial charge in [0.2, 0.25) is 0 Å². The Morgan fingerprint density at radius 1 is 1.46 bits per heavy atom. The number of carbonyl (C=O) groups excluding carboxylic acids is 1. The van der Waals surface area contributed by atoms with E-state index >= 15 is 0 Å². The Labute approximate surface area is 78.2 Å². The lowest BCUT2D eigenvalue weighted by Crippen LogP contribution is -2.28. The van der Waals surface area contributed by atoms with Crippen LogP contribution in [0, 0.1) is 6.92 Å². The van der Waals surface area contributed by atoms with Crippen molar-refractivity contribution in [2.45, 2.75) is 13.8 Å². The molecule has 1 aromatic carbocycles. The molecule has 0 saturated heterocycles. The van der Waals surface area contributed by atoms with Gasteiger partial charge in [-0.15, -0.1) is 0 Å². The molecular formula is C10H14N2O. The second-order valence-electron chi connectivity index (χ2n) is 2.85. The van der Waals surface area contributed by atoms with Crippen molar-refractivity contribution in [3.05, 3.63) is 29.8 Å². The van der Waals surface area contributed by atoms with E-state index in [1.807, 2.05) is 38.1 Å². The van der Waals surface area contributed by atoms with Crippen LogP contribution in [0.2, 0.25) is 0 Å². The molecule has 0 fully saturated rings. The minimum absolute atomic E-state index is 0.159. The first-order valence-electron chi connectivity index (χ1n) is 4.34. The molecule has 2 N–H and O–H groups in total. The van der Waals surface area contributed by atoms with Crippen molar-refractivity contribution in [2.24, 2.45) is 0 Å². The summed E-state index contributed by atoms with van der Waals surface area (Å²) in [6.07, 6.45) is 0. The van der Waals surface area contributed by atoms with Gasteiger partial charge in [-0.25, -0.2) is 4.79 Å². The first-order valence-corrected chi connectivity index (χ1v) is 4.34. The van der Waals surface area contributed by atoms with E-state index in [2.05, 4.69) is 10.6 Å². The number of benzene rings is 1. The van der Waals surface area contributed by atoms with Gasteiger partial charge in [0.25, 0.3) is 0 Å². The minimum atomic E-state index is -0.159. The fourth-order valence-corrected chi connectivity index (χ4v) is 1.06. The van der Waals surface area contributed by atoms with Crippen molar-refractivity contribution >= 4 is 11.7 Å². The quantitative estimate of drug-likeness (QED) is 0.715. The average Bonchev–Trinajstić information content (AvgIpc) is 2.04. The number of rotatable bonds is 2. The maximum atomic E-state index is 11.1. The molecule has 0 saturated carbocycles.